The Kier molecular flexibility index (Phi) is 3.20. The summed E-state index contributed by atoms with van der Waals surface area (Å²) in [5.74, 6) is 0.319. The average Bonchev–Trinajstić information content (AvgIpc) is 2.45. The molecule has 15 heavy (non-hydrogen) atoms. The van der Waals surface area contributed by atoms with Crippen molar-refractivity contribution in [2.75, 3.05) is 0 Å². The molecule has 80 valence electrons. The number of carbonyl (C=O) groups excluding carboxylic acids is 1. The van der Waals surface area contributed by atoms with Crippen LogP contribution in [0.15, 0.2) is 28.7 Å². The standard InChI is InChI=1S/C11H11BrOS2/c1-11(2)10(13)9(14-15-11)7-3-5-8(12)6-4-7/h3-6,9H,1-2H3. The molecule has 1 heterocycles. The van der Waals surface area contributed by atoms with Crippen LogP contribution in [0.25, 0.3) is 0 Å². The van der Waals surface area contributed by atoms with Gasteiger partial charge in [-0.1, -0.05) is 49.7 Å². The highest BCUT2D eigenvalue weighted by atomic mass is 79.9. The molecule has 1 saturated heterocycles. The number of hydrogen-bond donors (Lipinski definition) is 0. The minimum atomic E-state index is -0.248. The van der Waals surface area contributed by atoms with E-state index in [1.165, 1.54) is 0 Å². The first kappa shape index (κ1) is 11.6. The first-order valence-corrected chi connectivity index (χ1v) is 7.65. The van der Waals surface area contributed by atoms with E-state index in [9.17, 15) is 4.79 Å². The summed E-state index contributed by atoms with van der Waals surface area (Å²) in [4.78, 5) is 12.1. The molecule has 0 aliphatic carbocycles. The molecule has 1 aromatic carbocycles. The third-order valence-corrected chi connectivity index (χ3v) is 6.39. The molecule has 0 bridgehead atoms. The van der Waals surface area contributed by atoms with Gasteiger partial charge in [0.15, 0.2) is 5.78 Å². The summed E-state index contributed by atoms with van der Waals surface area (Å²) in [5.41, 5.74) is 1.10. The Bertz CT molecular complexity index is 386. The van der Waals surface area contributed by atoms with Gasteiger partial charge in [-0.05, 0) is 31.5 Å². The average molecular weight is 303 g/mol. The van der Waals surface area contributed by atoms with E-state index in [0.717, 1.165) is 10.0 Å². The van der Waals surface area contributed by atoms with Gasteiger partial charge in [0.25, 0.3) is 0 Å². The number of benzene rings is 1. The summed E-state index contributed by atoms with van der Waals surface area (Å²) in [7, 11) is 3.34. The molecule has 2 rings (SSSR count). The van der Waals surface area contributed by atoms with Crippen LogP contribution in [-0.4, -0.2) is 10.5 Å². The van der Waals surface area contributed by atoms with Crippen LogP contribution in [0.2, 0.25) is 0 Å². The second-order valence-electron chi connectivity index (χ2n) is 3.99. The van der Waals surface area contributed by atoms with Gasteiger partial charge in [-0.15, -0.1) is 0 Å². The highest BCUT2D eigenvalue weighted by Crippen LogP contribution is 2.55. The van der Waals surface area contributed by atoms with Crippen molar-refractivity contribution in [3.8, 4) is 0 Å². The molecular weight excluding hydrogens is 292 g/mol. The van der Waals surface area contributed by atoms with E-state index in [0.29, 0.717) is 5.78 Å². The smallest absolute Gasteiger partial charge is 0.167 e. The van der Waals surface area contributed by atoms with Gasteiger partial charge in [0.1, 0.15) is 5.25 Å². The Morgan fingerprint density at radius 2 is 1.87 bits per heavy atom. The number of hydrogen-bond acceptors (Lipinski definition) is 3. The highest BCUT2D eigenvalue weighted by molar-refractivity contribution is 9.10. The van der Waals surface area contributed by atoms with Crippen LogP contribution in [0, 0.1) is 0 Å². The summed E-state index contributed by atoms with van der Waals surface area (Å²) in [6.07, 6.45) is 0. The van der Waals surface area contributed by atoms with Crippen LogP contribution in [0.4, 0.5) is 0 Å². The lowest BCUT2D eigenvalue weighted by Crippen LogP contribution is -2.25. The third-order valence-electron chi connectivity index (χ3n) is 2.36. The lowest BCUT2D eigenvalue weighted by atomic mass is 10.00. The van der Waals surface area contributed by atoms with Crippen LogP contribution in [0.1, 0.15) is 24.7 Å². The second-order valence-corrected chi connectivity index (χ2v) is 7.83. The van der Waals surface area contributed by atoms with Crippen LogP contribution in [0.3, 0.4) is 0 Å². The molecule has 1 atom stereocenters. The van der Waals surface area contributed by atoms with Gasteiger partial charge in [0.05, 0.1) is 4.75 Å². The van der Waals surface area contributed by atoms with Crippen molar-refractivity contribution in [1.29, 1.82) is 0 Å². The van der Waals surface area contributed by atoms with E-state index in [-0.39, 0.29) is 10.00 Å². The molecule has 4 heteroatoms. The molecule has 1 aliphatic heterocycles. The van der Waals surface area contributed by atoms with Crippen LogP contribution in [0.5, 0.6) is 0 Å². The fourth-order valence-corrected chi connectivity index (χ4v) is 4.79. The molecule has 0 amide bonds. The second kappa shape index (κ2) is 4.15. The van der Waals surface area contributed by atoms with Crippen LogP contribution in [-0.2, 0) is 4.79 Å². The minimum Gasteiger partial charge on any atom is -0.296 e. The Hall–Kier alpha value is 0.0700. The topological polar surface area (TPSA) is 17.1 Å². The third kappa shape index (κ3) is 2.27. The van der Waals surface area contributed by atoms with Gasteiger partial charge in [-0.3, -0.25) is 4.79 Å². The van der Waals surface area contributed by atoms with Crippen molar-refractivity contribution in [3.05, 3.63) is 34.3 Å². The molecule has 1 fully saturated rings. The summed E-state index contributed by atoms with van der Waals surface area (Å²) >= 11 is 3.39. The first-order chi connectivity index (χ1) is 7.00. The van der Waals surface area contributed by atoms with Gasteiger partial charge in [0, 0.05) is 4.47 Å². The van der Waals surface area contributed by atoms with Crippen molar-refractivity contribution in [2.24, 2.45) is 0 Å². The Morgan fingerprint density at radius 1 is 1.27 bits per heavy atom. The monoisotopic (exact) mass is 302 g/mol. The molecule has 1 aromatic rings. The summed E-state index contributed by atoms with van der Waals surface area (Å²) < 4.78 is 0.802. The van der Waals surface area contributed by atoms with Gasteiger partial charge >= 0.3 is 0 Å². The lowest BCUT2D eigenvalue weighted by Gasteiger charge is -2.13. The maximum absolute atomic E-state index is 12.1. The van der Waals surface area contributed by atoms with E-state index in [1.54, 1.807) is 21.6 Å². The van der Waals surface area contributed by atoms with Crippen LogP contribution < -0.4 is 0 Å². The zero-order chi connectivity index (χ0) is 11.1. The van der Waals surface area contributed by atoms with Gasteiger partial charge in [-0.25, -0.2) is 0 Å². The van der Waals surface area contributed by atoms with E-state index < -0.39 is 0 Å². The quantitative estimate of drug-likeness (QED) is 0.723. The van der Waals surface area contributed by atoms with Gasteiger partial charge in [0.2, 0.25) is 0 Å². The molecule has 1 unspecified atom stereocenters. The molecule has 0 aromatic heterocycles. The van der Waals surface area contributed by atoms with E-state index in [2.05, 4.69) is 15.9 Å². The predicted octanol–water partition coefficient (Wildman–Crippen LogP) is 4.23. The number of rotatable bonds is 1. The molecule has 1 aliphatic rings. The van der Waals surface area contributed by atoms with E-state index in [4.69, 9.17) is 0 Å². The first-order valence-electron chi connectivity index (χ1n) is 4.65. The predicted molar refractivity (Wildman–Crippen MR) is 71.2 cm³/mol. The maximum Gasteiger partial charge on any atom is 0.167 e. The van der Waals surface area contributed by atoms with E-state index in [1.807, 2.05) is 38.1 Å². The molecule has 1 nitrogen and oxygen atoms in total. The normalized spacial score (nSPS) is 24.5. The maximum atomic E-state index is 12.1. The van der Waals surface area contributed by atoms with Crippen molar-refractivity contribution < 1.29 is 4.79 Å². The zero-order valence-electron chi connectivity index (χ0n) is 8.49. The largest absolute Gasteiger partial charge is 0.296 e. The Morgan fingerprint density at radius 3 is 2.33 bits per heavy atom. The van der Waals surface area contributed by atoms with Crippen LogP contribution >= 0.6 is 37.5 Å². The van der Waals surface area contributed by atoms with Crippen molar-refractivity contribution in [3.63, 3.8) is 0 Å². The molecule has 0 saturated carbocycles. The van der Waals surface area contributed by atoms with Crippen molar-refractivity contribution >= 4 is 43.3 Å². The van der Waals surface area contributed by atoms with Gasteiger partial charge < -0.3 is 0 Å². The summed E-state index contributed by atoms with van der Waals surface area (Å²) in [5, 5.41) is -0.00176. The number of Topliss-reactive ketones (excluding diaryl/α,β-unsaturated/α-hetero) is 1. The Labute approximate surface area is 106 Å². The highest BCUT2D eigenvalue weighted by Gasteiger charge is 2.42. The molecule has 0 radical (unpaired) electrons. The van der Waals surface area contributed by atoms with E-state index >= 15 is 0 Å². The summed E-state index contributed by atoms with van der Waals surface area (Å²) in [6, 6.07) is 8.00. The summed E-state index contributed by atoms with van der Waals surface area (Å²) in [6.45, 7) is 3.98. The SMILES string of the molecule is CC1(C)SSC(c2ccc(Br)cc2)C1=O. The van der Waals surface area contributed by atoms with Crippen molar-refractivity contribution in [1.82, 2.24) is 0 Å². The number of ketones is 1. The fraction of sp³-hybridized carbons (Fsp3) is 0.364. The minimum absolute atomic E-state index is 0.00176. The zero-order valence-corrected chi connectivity index (χ0v) is 11.7. The molecular formula is C11H11BrOS2. The molecule has 0 spiro atoms. The lowest BCUT2D eigenvalue weighted by molar-refractivity contribution is -0.119. The number of carbonyl (C=O) groups is 1. The van der Waals surface area contributed by atoms with Gasteiger partial charge in [-0.2, -0.15) is 0 Å². The number of halogens is 1. The Balaban J connectivity index is 2.27. The fourth-order valence-electron chi connectivity index (χ4n) is 1.41. The molecule has 0 N–H and O–H groups in total. The van der Waals surface area contributed by atoms with Crippen molar-refractivity contribution in [2.45, 2.75) is 23.8 Å².